The topological polar surface area (TPSA) is 40.1 Å². The van der Waals surface area contributed by atoms with Gasteiger partial charge in [-0.1, -0.05) is 48.6 Å². The van der Waals surface area contributed by atoms with Crippen LogP contribution in [0.2, 0.25) is 0 Å². The first-order valence-electron chi connectivity index (χ1n) is 4.10. The van der Waals surface area contributed by atoms with Gasteiger partial charge in [0.1, 0.15) is 0 Å². The van der Waals surface area contributed by atoms with E-state index >= 15 is 0 Å². The maximum atomic E-state index is 8.25. The molecule has 2 nitrogen and oxygen atoms in total. The standard InChI is InChI=1S/2C5H6.CH2O2.K/c2*1-2-4-5-3-1;2-1-3;/h2*1-4H,5H2;1H,(H,2,3);/q;;;+1/p-1. The van der Waals surface area contributed by atoms with Crippen molar-refractivity contribution in [3.05, 3.63) is 48.6 Å². The molecule has 0 aromatic heterocycles. The van der Waals surface area contributed by atoms with Crippen LogP contribution in [0.4, 0.5) is 0 Å². The second-order valence-corrected chi connectivity index (χ2v) is 2.28. The van der Waals surface area contributed by atoms with Crippen LogP contribution in [0.15, 0.2) is 48.6 Å². The third-order valence-electron chi connectivity index (χ3n) is 1.31. The Bertz CT molecular complexity index is 185. The van der Waals surface area contributed by atoms with E-state index in [9.17, 15) is 0 Å². The van der Waals surface area contributed by atoms with E-state index in [0.717, 1.165) is 12.8 Å². The Balaban J connectivity index is 0. The minimum Gasteiger partial charge on any atom is -0.554 e. The maximum absolute atomic E-state index is 8.25. The summed E-state index contributed by atoms with van der Waals surface area (Å²) >= 11 is 0. The van der Waals surface area contributed by atoms with Gasteiger partial charge in [-0.3, -0.25) is 0 Å². The van der Waals surface area contributed by atoms with Crippen molar-refractivity contribution >= 4 is 6.47 Å². The molecule has 0 bridgehead atoms. The molecule has 0 fully saturated rings. The fourth-order valence-corrected chi connectivity index (χ4v) is 0.786. The zero-order valence-corrected chi connectivity index (χ0v) is 11.5. The Morgan fingerprint density at radius 3 is 1.14 bits per heavy atom. The van der Waals surface area contributed by atoms with Crippen molar-refractivity contribution < 1.29 is 61.3 Å². The van der Waals surface area contributed by atoms with Crippen molar-refractivity contribution in [2.75, 3.05) is 0 Å². The number of allylic oxidation sites excluding steroid dienone is 8. The van der Waals surface area contributed by atoms with Gasteiger partial charge in [0.2, 0.25) is 0 Å². The van der Waals surface area contributed by atoms with Crippen molar-refractivity contribution in [2.24, 2.45) is 0 Å². The van der Waals surface area contributed by atoms with Crippen LogP contribution in [-0.4, -0.2) is 6.47 Å². The Labute approximate surface area is 128 Å². The van der Waals surface area contributed by atoms with Crippen LogP contribution in [0.25, 0.3) is 0 Å². The van der Waals surface area contributed by atoms with E-state index in [1.807, 2.05) is 0 Å². The molecule has 0 unspecified atom stereocenters. The smallest absolute Gasteiger partial charge is 0.554 e. The van der Waals surface area contributed by atoms with Gasteiger partial charge in [-0.05, 0) is 12.8 Å². The molecule has 0 atom stereocenters. The molecular formula is C11H13KO2. The van der Waals surface area contributed by atoms with E-state index in [-0.39, 0.29) is 51.4 Å². The molecule has 0 heterocycles. The number of carbonyl (C=O) groups excluding carboxylic acids is 1. The summed E-state index contributed by atoms with van der Waals surface area (Å²) in [5.74, 6) is 0. The maximum Gasteiger partial charge on any atom is 1.00 e. The molecule has 0 aromatic rings. The molecule has 0 spiro atoms. The van der Waals surface area contributed by atoms with E-state index in [4.69, 9.17) is 9.90 Å². The van der Waals surface area contributed by atoms with Gasteiger partial charge in [0.15, 0.2) is 0 Å². The van der Waals surface area contributed by atoms with Crippen LogP contribution < -0.4 is 56.5 Å². The molecular weight excluding hydrogens is 203 g/mol. The predicted molar refractivity (Wildman–Crippen MR) is 51.9 cm³/mol. The molecule has 0 saturated heterocycles. The summed E-state index contributed by atoms with van der Waals surface area (Å²) in [6.07, 6.45) is 19.0. The number of rotatable bonds is 0. The third-order valence-corrected chi connectivity index (χ3v) is 1.31. The van der Waals surface area contributed by atoms with E-state index in [1.165, 1.54) is 0 Å². The fourth-order valence-electron chi connectivity index (χ4n) is 0.786. The molecule has 2 aliphatic carbocycles. The van der Waals surface area contributed by atoms with Crippen molar-refractivity contribution in [3.8, 4) is 0 Å². The Kier molecular flexibility index (Phi) is 18.3. The second-order valence-electron chi connectivity index (χ2n) is 2.28. The predicted octanol–water partition coefficient (Wildman–Crippen LogP) is -1.62. The zero-order valence-electron chi connectivity index (χ0n) is 8.43. The molecule has 70 valence electrons. The second kappa shape index (κ2) is 15.5. The van der Waals surface area contributed by atoms with Gasteiger partial charge in [0.05, 0.1) is 0 Å². The average Bonchev–Trinajstić information content (AvgIpc) is 2.85. The molecule has 0 saturated carbocycles. The summed E-state index contributed by atoms with van der Waals surface area (Å²) < 4.78 is 0. The summed E-state index contributed by atoms with van der Waals surface area (Å²) in [6.45, 7) is -0.500. The van der Waals surface area contributed by atoms with Gasteiger partial charge in [0, 0.05) is 6.47 Å². The van der Waals surface area contributed by atoms with Gasteiger partial charge in [0.25, 0.3) is 0 Å². The Hall–Kier alpha value is 0.0664. The third kappa shape index (κ3) is 14.6. The minimum absolute atomic E-state index is 0. The Morgan fingerprint density at radius 2 is 1.07 bits per heavy atom. The molecule has 0 aromatic carbocycles. The van der Waals surface area contributed by atoms with Crippen LogP contribution >= 0.6 is 0 Å². The van der Waals surface area contributed by atoms with Gasteiger partial charge in [-0.15, -0.1) is 0 Å². The minimum atomic E-state index is -0.500. The number of carbonyl (C=O) groups is 1. The molecule has 0 radical (unpaired) electrons. The quantitative estimate of drug-likeness (QED) is 0.360. The first kappa shape index (κ1) is 16.5. The summed E-state index contributed by atoms with van der Waals surface area (Å²) in [5.41, 5.74) is 0. The van der Waals surface area contributed by atoms with Crippen LogP contribution in [-0.2, 0) is 4.79 Å². The van der Waals surface area contributed by atoms with Gasteiger partial charge >= 0.3 is 51.4 Å². The van der Waals surface area contributed by atoms with Gasteiger partial charge < -0.3 is 9.90 Å². The molecule has 0 amide bonds. The van der Waals surface area contributed by atoms with Crippen LogP contribution in [0.5, 0.6) is 0 Å². The average molecular weight is 216 g/mol. The van der Waals surface area contributed by atoms with Crippen LogP contribution in [0, 0.1) is 0 Å². The molecule has 0 N–H and O–H groups in total. The summed E-state index contributed by atoms with van der Waals surface area (Å²) in [5, 5.41) is 8.25. The number of hydrogen-bond donors (Lipinski definition) is 0. The first-order valence-corrected chi connectivity index (χ1v) is 4.10. The number of hydrogen-bond acceptors (Lipinski definition) is 2. The van der Waals surface area contributed by atoms with Crippen molar-refractivity contribution in [1.29, 1.82) is 0 Å². The van der Waals surface area contributed by atoms with Crippen molar-refractivity contribution in [3.63, 3.8) is 0 Å². The zero-order chi connectivity index (χ0) is 9.78. The van der Waals surface area contributed by atoms with E-state index < -0.39 is 6.47 Å². The van der Waals surface area contributed by atoms with Crippen LogP contribution in [0.3, 0.4) is 0 Å². The monoisotopic (exact) mass is 216 g/mol. The molecule has 3 heteroatoms. The molecule has 2 aliphatic rings. The van der Waals surface area contributed by atoms with Crippen molar-refractivity contribution in [1.82, 2.24) is 0 Å². The molecule has 2 rings (SSSR count). The van der Waals surface area contributed by atoms with Crippen LogP contribution in [0.1, 0.15) is 12.8 Å². The summed E-state index contributed by atoms with van der Waals surface area (Å²) in [4.78, 5) is 8.25. The first-order chi connectivity index (χ1) is 6.41. The summed E-state index contributed by atoms with van der Waals surface area (Å²) in [6, 6.07) is 0. The van der Waals surface area contributed by atoms with E-state index in [0.29, 0.717) is 0 Å². The SMILES string of the molecule is C1=CCC=C1.C1=CCC=C1.O=C[O-].[K+]. The van der Waals surface area contributed by atoms with Crippen molar-refractivity contribution in [2.45, 2.75) is 12.8 Å². The molecule has 14 heavy (non-hydrogen) atoms. The fraction of sp³-hybridized carbons (Fsp3) is 0.182. The Morgan fingerprint density at radius 1 is 0.857 bits per heavy atom. The number of carboxylic acid groups (broad SMARTS) is 1. The normalized spacial score (nSPS) is 13.4. The van der Waals surface area contributed by atoms with Gasteiger partial charge in [-0.25, -0.2) is 0 Å². The van der Waals surface area contributed by atoms with E-state index in [2.05, 4.69) is 48.6 Å². The van der Waals surface area contributed by atoms with Gasteiger partial charge in [-0.2, -0.15) is 0 Å². The molecule has 0 aliphatic heterocycles. The largest absolute Gasteiger partial charge is 1.00 e. The van der Waals surface area contributed by atoms with E-state index in [1.54, 1.807) is 0 Å². The summed E-state index contributed by atoms with van der Waals surface area (Å²) in [7, 11) is 0.